The first-order valence-corrected chi connectivity index (χ1v) is 17.7. The van der Waals surface area contributed by atoms with E-state index in [-0.39, 0.29) is 70.5 Å². The first kappa shape index (κ1) is 32.8. The van der Waals surface area contributed by atoms with Crippen LogP contribution in [0, 0.1) is 0 Å². The third-order valence-corrected chi connectivity index (χ3v) is 9.36. The van der Waals surface area contributed by atoms with E-state index in [4.69, 9.17) is 14.0 Å². The molecule has 0 radical (unpaired) electrons. The first-order chi connectivity index (χ1) is 22.7. The normalized spacial score (nSPS) is 14.3. The standard InChI is InChI=1S/C32H26N2O12S2/c35-29-20-8-10-22-28-23(11-9-21(27(20)28)30(36)33-29)32(38)34(31(22)37)24-12-7-18(17-26(24)46-14-4-16-48(42,43)44)19-5-1-2-6-25(19)45-13-3-15-47(39,40)41/h1-2,5-12,17H,3-4,13-16H2,(H,33,35,36)(H,39,40,41)(H,42,43,44). The molecule has 2 aliphatic heterocycles. The molecule has 0 bridgehead atoms. The summed E-state index contributed by atoms with van der Waals surface area (Å²) in [5.74, 6) is -3.55. The van der Waals surface area contributed by atoms with E-state index in [0.717, 1.165) is 4.90 Å². The van der Waals surface area contributed by atoms with E-state index in [1.165, 1.54) is 36.4 Å². The fourth-order valence-corrected chi connectivity index (χ4v) is 6.65. The maximum absolute atomic E-state index is 14.0. The minimum absolute atomic E-state index is 0.00863. The Kier molecular flexibility index (Phi) is 8.51. The van der Waals surface area contributed by atoms with Crippen LogP contribution in [0.3, 0.4) is 0 Å². The zero-order chi connectivity index (χ0) is 34.4. The number of benzene rings is 4. The van der Waals surface area contributed by atoms with Gasteiger partial charge in [-0.3, -0.25) is 33.6 Å². The number of ether oxygens (including phenoxy) is 2. The number of imide groups is 2. The van der Waals surface area contributed by atoms with Crippen molar-refractivity contribution in [2.75, 3.05) is 29.6 Å². The first-order valence-electron chi connectivity index (χ1n) is 14.5. The van der Waals surface area contributed by atoms with Gasteiger partial charge in [0.25, 0.3) is 43.9 Å². The summed E-state index contributed by atoms with van der Waals surface area (Å²) < 4.78 is 74.7. The molecule has 0 aliphatic carbocycles. The van der Waals surface area contributed by atoms with Crippen molar-refractivity contribution < 1.29 is 54.6 Å². The van der Waals surface area contributed by atoms with Crippen LogP contribution in [-0.4, -0.2) is 74.3 Å². The molecular weight excluding hydrogens is 668 g/mol. The van der Waals surface area contributed by atoms with Crippen LogP contribution in [0.1, 0.15) is 54.3 Å². The van der Waals surface area contributed by atoms with Gasteiger partial charge in [0.05, 0.1) is 30.4 Å². The van der Waals surface area contributed by atoms with Crippen molar-refractivity contribution in [3.05, 3.63) is 89.0 Å². The third kappa shape index (κ3) is 6.37. The molecule has 3 N–H and O–H groups in total. The van der Waals surface area contributed by atoms with Gasteiger partial charge in [0.2, 0.25) is 0 Å². The van der Waals surface area contributed by atoms with Gasteiger partial charge in [0, 0.05) is 38.6 Å². The second kappa shape index (κ2) is 12.5. The van der Waals surface area contributed by atoms with Crippen molar-refractivity contribution in [1.29, 1.82) is 0 Å². The van der Waals surface area contributed by atoms with E-state index in [2.05, 4.69) is 5.32 Å². The number of nitrogens with zero attached hydrogens (tertiary/aromatic N) is 1. The average Bonchev–Trinajstić information content (AvgIpc) is 3.02. The van der Waals surface area contributed by atoms with Crippen LogP contribution in [0.5, 0.6) is 11.5 Å². The number of hydrogen-bond donors (Lipinski definition) is 3. The Labute approximate surface area is 273 Å². The van der Waals surface area contributed by atoms with Crippen LogP contribution in [0.25, 0.3) is 21.9 Å². The van der Waals surface area contributed by atoms with Gasteiger partial charge in [-0.1, -0.05) is 24.3 Å². The molecule has 0 saturated heterocycles. The van der Waals surface area contributed by atoms with E-state index < -0.39 is 55.4 Å². The number of anilines is 1. The van der Waals surface area contributed by atoms with Crippen LogP contribution in [-0.2, 0) is 20.2 Å². The Bertz CT molecular complexity index is 2200. The smallest absolute Gasteiger partial charge is 0.266 e. The molecule has 0 saturated carbocycles. The van der Waals surface area contributed by atoms with Crippen molar-refractivity contribution in [2.24, 2.45) is 0 Å². The molecule has 4 aromatic carbocycles. The van der Waals surface area contributed by atoms with E-state index >= 15 is 0 Å². The number of carbonyl (C=O) groups excluding carboxylic acids is 4. The molecular formula is C32H26N2O12S2. The Morgan fingerprint density at radius 3 is 1.67 bits per heavy atom. The predicted octanol–water partition coefficient (Wildman–Crippen LogP) is 3.50. The molecule has 6 rings (SSSR count). The minimum atomic E-state index is -4.29. The molecule has 4 aromatic rings. The Hall–Kier alpha value is -5.16. The molecule has 0 unspecified atom stereocenters. The number of carbonyl (C=O) groups is 4. The lowest BCUT2D eigenvalue weighted by Gasteiger charge is -2.30. The van der Waals surface area contributed by atoms with Crippen LogP contribution in [0.2, 0.25) is 0 Å². The van der Waals surface area contributed by atoms with Gasteiger partial charge in [0.15, 0.2) is 0 Å². The molecule has 48 heavy (non-hydrogen) atoms. The Morgan fingerprint density at radius 2 is 1.10 bits per heavy atom. The second-order valence-corrected chi connectivity index (χ2v) is 14.1. The van der Waals surface area contributed by atoms with Gasteiger partial charge in [-0.2, -0.15) is 16.8 Å². The Morgan fingerprint density at radius 1 is 0.604 bits per heavy atom. The summed E-state index contributed by atoms with van der Waals surface area (Å²) in [6.45, 7) is -0.261. The number of nitrogens with one attached hydrogen (secondary N) is 1. The average molecular weight is 695 g/mol. The second-order valence-electron chi connectivity index (χ2n) is 11.0. The lowest BCUT2D eigenvalue weighted by molar-refractivity contribution is 0.0837. The number of rotatable bonds is 12. The van der Waals surface area contributed by atoms with Crippen molar-refractivity contribution in [3.63, 3.8) is 0 Å². The maximum Gasteiger partial charge on any atom is 0.266 e. The maximum atomic E-state index is 14.0. The summed E-state index contributed by atoms with van der Waals surface area (Å²) in [6, 6.07) is 16.9. The molecule has 16 heteroatoms. The van der Waals surface area contributed by atoms with Crippen LogP contribution >= 0.6 is 0 Å². The van der Waals surface area contributed by atoms with Gasteiger partial charge >= 0.3 is 0 Å². The van der Waals surface area contributed by atoms with Crippen LogP contribution < -0.4 is 19.7 Å². The van der Waals surface area contributed by atoms with Crippen molar-refractivity contribution in [2.45, 2.75) is 12.8 Å². The molecule has 248 valence electrons. The molecule has 0 atom stereocenters. The summed E-state index contributed by atoms with van der Waals surface area (Å²) in [5, 5.41) is 2.61. The molecule has 0 fully saturated rings. The molecule has 14 nitrogen and oxygen atoms in total. The summed E-state index contributed by atoms with van der Waals surface area (Å²) >= 11 is 0. The molecule has 4 amide bonds. The fourth-order valence-electron chi connectivity index (χ4n) is 5.68. The van der Waals surface area contributed by atoms with Gasteiger partial charge in [-0.25, -0.2) is 4.90 Å². The minimum Gasteiger partial charge on any atom is -0.493 e. The molecule has 2 heterocycles. The largest absolute Gasteiger partial charge is 0.493 e. The number of hydrogen-bond acceptors (Lipinski definition) is 10. The summed E-state index contributed by atoms with van der Waals surface area (Å²) in [7, 11) is -8.47. The Balaban J connectivity index is 1.40. The highest BCUT2D eigenvalue weighted by Crippen LogP contribution is 2.42. The number of amides is 4. The van der Waals surface area contributed by atoms with E-state index in [1.54, 1.807) is 30.3 Å². The van der Waals surface area contributed by atoms with Crippen LogP contribution in [0.15, 0.2) is 66.7 Å². The van der Waals surface area contributed by atoms with Gasteiger partial charge in [-0.05, 0) is 60.9 Å². The van der Waals surface area contributed by atoms with Gasteiger partial charge < -0.3 is 9.47 Å². The monoisotopic (exact) mass is 694 g/mol. The molecule has 0 spiro atoms. The zero-order valence-corrected chi connectivity index (χ0v) is 26.5. The highest BCUT2D eigenvalue weighted by atomic mass is 32.2. The summed E-state index contributed by atoms with van der Waals surface area (Å²) in [6.07, 6.45) is -0.106. The quantitative estimate of drug-likeness (QED) is 0.111. The van der Waals surface area contributed by atoms with Crippen LogP contribution in [0.4, 0.5) is 5.69 Å². The van der Waals surface area contributed by atoms with Gasteiger partial charge in [0.1, 0.15) is 11.5 Å². The highest BCUT2D eigenvalue weighted by Gasteiger charge is 2.39. The van der Waals surface area contributed by atoms with E-state index in [1.807, 2.05) is 0 Å². The number of para-hydroxylation sites is 1. The van der Waals surface area contributed by atoms with Crippen molar-refractivity contribution in [3.8, 4) is 22.6 Å². The fraction of sp³-hybridized carbons (Fsp3) is 0.188. The SMILES string of the molecule is O=C1NC(=O)c2ccc3c4c(ccc1c24)C(=O)N(c1ccc(-c2ccccc2OCCCS(=O)(=O)O)cc1OCCCS(=O)(=O)O)C3=O. The van der Waals surface area contributed by atoms with Crippen molar-refractivity contribution >= 4 is 60.3 Å². The van der Waals surface area contributed by atoms with E-state index in [0.29, 0.717) is 16.9 Å². The van der Waals surface area contributed by atoms with Gasteiger partial charge in [-0.15, -0.1) is 0 Å². The molecule has 2 aliphatic rings. The topological polar surface area (TPSA) is 211 Å². The highest BCUT2D eigenvalue weighted by molar-refractivity contribution is 7.86. The molecule has 0 aromatic heterocycles. The van der Waals surface area contributed by atoms with Crippen molar-refractivity contribution in [1.82, 2.24) is 5.32 Å². The lowest BCUT2D eigenvalue weighted by atomic mass is 9.86. The predicted molar refractivity (Wildman–Crippen MR) is 172 cm³/mol. The van der Waals surface area contributed by atoms with E-state index in [9.17, 15) is 40.6 Å². The summed E-state index contributed by atoms with van der Waals surface area (Å²) in [5.41, 5.74) is 1.46. The zero-order valence-electron chi connectivity index (χ0n) is 24.8. The third-order valence-electron chi connectivity index (χ3n) is 7.75. The lowest BCUT2D eigenvalue weighted by Crippen LogP contribution is -2.42. The summed E-state index contributed by atoms with van der Waals surface area (Å²) in [4.78, 5) is 54.0.